The number of carbonyl (C=O) groups is 1. The van der Waals surface area contributed by atoms with Crippen LogP contribution in [0.15, 0.2) is 35.2 Å². The second-order valence-corrected chi connectivity index (χ2v) is 4.68. The van der Waals surface area contributed by atoms with Crippen LogP contribution in [0.1, 0.15) is 30.0 Å². The van der Waals surface area contributed by atoms with Crippen molar-refractivity contribution in [2.75, 3.05) is 11.9 Å². The molecule has 0 atom stereocenters. The summed E-state index contributed by atoms with van der Waals surface area (Å²) < 4.78 is 5.19. The standard InChI is InChI=1S/C14H18N4O2/c1-10(2)18-14-16-8-11(9-17-14)13(19)15-6-5-12-4-3-7-20-12/h3-4,7-10H,5-6H2,1-2H3,(H,15,19)(H,16,17,18). The van der Waals surface area contributed by atoms with Crippen molar-refractivity contribution >= 4 is 11.9 Å². The molecule has 6 heteroatoms. The lowest BCUT2D eigenvalue weighted by Gasteiger charge is -2.08. The van der Waals surface area contributed by atoms with E-state index >= 15 is 0 Å². The van der Waals surface area contributed by atoms with Crippen molar-refractivity contribution < 1.29 is 9.21 Å². The summed E-state index contributed by atoms with van der Waals surface area (Å²) in [4.78, 5) is 20.1. The van der Waals surface area contributed by atoms with Gasteiger partial charge in [-0.15, -0.1) is 0 Å². The number of nitrogens with one attached hydrogen (secondary N) is 2. The van der Waals surface area contributed by atoms with Crippen LogP contribution < -0.4 is 10.6 Å². The minimum absolute atomic E-state index is 0.187. The van der Waals surface area contributed by atoms with Gasteiger partial charge in [-0.3, -0.25) is 4.79 Å². The number of furan rings is 1. The van der Waals surface area contributed by atoms with Gasteiger partial charge >= 0.3 is 0 Å². The van der Waals surface area contributed by atoms with Crippen LogP contribution in [0, 0.1) is 0 Å². The zero-order valence-corrected chi connectivity index (χ0v) is 11.6. The maximum Gasteiger partial charge on any atom is 0.254 e. The number of hydrogen-bond acceptors (Lipinski definition) is 5. The summed E-state index contributed by atoms with van der Waals surface area (Å²) >= 11 is 0. The molecule has 2 rings (SSSR count). The highest BCUT2D eigenvalue weighted by Crippen LogP contribution is 2.03. The quantitative estimate of drug-likeness (QED) is 0.840. The average Bonchev–Trinajstić information content (AvgIpc) is 2.92. The molecule has 0 aliphatic carbocycles. The maximum atomic E-state index is 11.9. The zero-order chi connectivity index (χ0) is 14.4. The molecule has 0 radical (unpaired) electrons. The zero-order valence-electron chi connectivity index (χ0n) is 11.6. The summed E-state index contributed by atoms with van der Waals surface area (Å²) in [7, 11) is 0. The minimum atomic E-state index is -0.187. The van der Waals surface area contributed by atoms with E-state index in [1.807, 2.05) is 26.0 Å². The lowest BCUT2D eigenvalue weighted by Crippen LogP contribution is -2.26. The van der Waals surface area contributed by atoms with Gasteiger partial charge in [0.15, 0.2) is 0 Å². The molecule has 2 aromatic rings. The van der Waals surface area contributed by atoms with Crippen LogP contribution in [-0.4, -0.2) is 28.5 Å². The van der Waals surface area contributed by atoms with Gasteiger partial charge in [-0.25, -0.2) is 9.97 Å². The van der Waals surface area contributed by atoms with Crippen molar-refractivity contribution in [3.05, 3.63) is 42.1 Å². The summed E-state index contributed by atoms with van der Waals surface area (Å²) in [6.45, 7) is 4.51. The summed E-state index contributed by atoms with van der Waals surface area (Å²) in [5, 5.41) is 5.86. The number of amides is 1. The van der Waals surface area contributed by atoms with E-state index in [-0.39, 0.29) is 11.9 Å². The first-order valence-electron chi connectivity index (χ1n) is 6.54. The van der Waals surface area contributed by atoms with E-state index in [1.54, 1.807) is 6.26 Å². The molecular formula is C14H18N4O2. The molecule has 2 N–H and O–H groups in total. The van der Waals surface area contributed by atoms with Gasteiger partial charge in [0.1, 0.15) is 5.76 Å². The molecule has 0 saturated carbocycles. The highest BCUT2D eigenvalue weighted by Gasteiger charge is 2.07. The first kappa shape index (κ1) is 14.0. The molecule has 0 aromatic carbocycles. The van der Waals surface area contributed by atoms with E-state index in [0.717, 1.165) is 5.76 Å². The highest BCUT2D eigenvalue weighted by atomic mass is 16.3. The third kappa shape index (κ3) is 4.08. The van der Waals surface area contributed by atoms with Crippen molar-refractivity contribution in [3.8, 4) is 0 Å². The molecule has 2 heterocycles. The number of rotatable bonds is 6. The summed E-state index contributed by atoms with van der Waals surface area (Å²) in [6.07, 6.45) is 5.30. The fourth-order valence-corrected chi connectivity index (χ4v) is 1.63. The molecule has 0 saturated heterocycles. The molecule has 2 aromatic heterocycles. The topological polar surface area (TPSA) is 80.0 Å². The third-order valence-corrected chi connectivity index (χ3v) is 2.57. The van der Waals surface area contributed by atoms with Gasteiger partial charge in [0.05, 0.1) is 11.8 Å². The second kappa shape index (κ2) is 6.70. The molecule has 0 aliphatic heterocycles. The van der Waals surface area contributed by atoms with E-state index < -0.39 is 0 Å². The van der Waals surface area contributed by atoms with Crippen LogP contribution >= 0.6 is 0 Å². The fourth-order valence-electron chi connectivity index (χ4n) is 1.63. The van der Waals surface area contributed by atoms with Gasteiger partial charge in [0.2, 0.25) is 5.95 Å². The Labute approximate surface area is 117 Å². The Morgan fingerprint density at radius 3 is 2.70 bits per heavy atom. The summed E-state index contributed by atoms with van der Waals surface area (Å²) in [5.74, 6) is 1.18. The van der Waals surface area contributed by atoms with Crippen LogP contribution in [-0.2, 0) is 6.42 Å². The Bertz CT molecular complexity index is 535. The van der Waals surface area contributed by atoms with Crippen molar-refractivity contribution in [1.29, 1.82) is 0 Å². The van der Waals surface area contributed by atoms with E-state index in [9.17, 15) is 4.79 Å². The molecule has 0 fully saturated rings. The van der Waals surface area contributed by atoms with Gasteiger partial charge in [0.25, 0.3) is 5.91 Å². The van der Waals surface area contributed by atoms with Crippen LogP contribution in [0.2, 0.25) is 0 Å². The first-order chi connectivity index (χ1) is 9.65. The summed E-state index contributed by atoms with van der Waals surface area (Å²) in [5.41, 5.74) is 0.443. The Hall–Kier alpha value is -2.37. The van der Waals surface area contributed by atoms with Crippen LogP contribution in [0.5, 0.6) is 0 Å². The number of anilines is 1. The second-order valence-electron chi connectivity index (χ2n) is 4.68. The highest BCUT2D eigenvalue weighted by molar-refractivity contribution is 5.93. The molecule has 0 spiro atoms. The van der Waals surface area contributed by atoms with Gasteiger partial charge in [-0.05, 0) is 26.0 Å². The predicted octanol–water partition coefficient (Wildman–Crippen LogP) is 1.86. The number of aromatic nitrogens is 2. The predicted molar refractivity (Wildman–Crippen MR) is 75.5 cm³/mol. The normalized spacial score (nSPS) is 10.6. The SMILES string of the molecule is CC(C)Nc1ncc(C(=O)NCCc2ccco2)cn1. The maximum absolute atomic E-state index is 11.9. The van der Waals surface area contributed by atoms with Gasteiger partial charge < -0.3 is 15.1 Å². The van der Waals surface area contributed by atoms with Crippen molar-refractivity contribution in [3.63, 3.8) is 0 Å². The summed E-state index contributed by atoms with van der Waals surface area (Å²) in [6, 6.07) is 3.95. The lowest BCUT2D eigenvalue weighted by atomic mass is 10.3. The van der Waals surface area contributed by atoms with E-state index in [1.165, 1.54) is 12.4 Å². The first-order valence-corrected chi connectivity index (χ1v) is 6.54. The average molecular weight is 274 g/mol. The molecule has 0 aliphatic rings. The van der Waals surface area contributed by atoms with Crippen LogP contribution in [0.4, 0.5) is 5.95 Å². The largest absolute Gasteiger partial charge is 0.469 e. The lowest BCUT2D eigenvalue weighted by molar-refractivity contribution is 0.0953. The molecule has 1 amide bonds. The molecule has 0 unspecified atom stereocenters. The Morgan fingerprint density at radius 2 is 2.10 bits per heavy atom. The minimum Gasteiger partial charge on any atom is -0.469 e. The molecule has 0 bridgehead atoms. The monoisotopic (exact) mass is 274 g/mol. The smallest absolute Gasteiger partial charge is 0.254 e. The Kier molecular flexibility index (Phi) is 4.70. The van der Waals surface area contributed by atoms with E-state index in [4.69, 9.17) is 4.42 Å². The number of carbonyl (C=O) groups excluding carboxylic acids is 1. The number of hydrogen-bond donors (Lipinski definition) is 2. The fraction of sp³-hybridized carbons (Fsp3) is 0.357. The van der Waals surface area contributed by atoms with Crippen molar-refractivity contribution in [1.82, 2.24) is 15.3 Å². The van der Waals surface area contributed by atoms with Gasteiger partial charge in [-0.2, -0.15) is 0 Å². The molecule has 106 valence electrons. The molecule has 6 nitrogen and oxygen atoms in total. The van der Waals surface area contributed by atoms with Crippen molar-refractivity contribution in [2.24, 2.45) is 0 Å². The van der Waals surface area contributed by atoms with Crippen molar-refractivity contribution in [2.45, 2.75) is 26.3 Å². The number of nitrogens with zero attached hydrogens (tertiary/aromatic N) is 2. The van der Waals surface area contributed by atoms with Crippen LogP contribution in [0.3, 0.4) is 0 Å². The Balaban J connectivity index is 1.82. The van der Waals surface area contributed by atoms with Gasteiger partial charge in [0, 0.05) is 31.4 Å². The molecular weight excluding hydrogens is 256 g/mol. The molecule has 20 heavy (non-hydrogen) atoms. The van der Waals surface area contributed by atoms with Gasteiger partial charge in [-0.1, -0.05) is 0 Å². The Morgan fingerprint density at radius 1 is 1.35 bits per heavy atom. The van der Waals surface area contributed by atoms with E-state index in [0.29, 0.717) is 24.5 Å². The van der Waals surface area contributed by atoms with E-state index in [2.05, 4.69) is 20.6 Å². The third-order valence-electron chi connectivity index (χ3n) is 2.57. The van der Waals surface area contributed by atoms with Crippen LogP contribution in [0.25, 0.3) is 0 Å².